The molecular weight excluding hydrogens is 188 g/mol. The summed E-state index contributed by atoms with van der Waals surface area (Å²) in [5.74, 6) is -0.361. The van der Waals surface area contributed by atoms with Crippen LogP contribution in [0, 0.1) is 0 Å². The molecule has 0 amide bonds. The number of esters is 1. The summed E-state index contributed by atoms with van der Waals surface area (Å²) >= 11 is 0. The molecule has 15 heavy (non-hydrogen) atoms. The van der Waals surface area contributed by atoms with Crippen LogP contribution in [-0.2, 0) is 9.53 Å². The summed E-state index contributed by atoms with van der Waals surface area (Å²) < 4.78 is 4.57. The van der Waals surface area contributed by atoms with Crippen molar-refractivity contribution in [2.75, 3.05) is 7.11 Å². The van der Waals surface area contributed by atoms with Crippen molar-refractivity contribution < 1.29 is 9.53 Å². The van der Waals surface area contributed by atoms with E-state index in [9.17, 15) is 4.79 Å². The fourth-order valence-corrected chi connectivity index (χ4v) is 1.71. The average molecular weight is 206 g/mol. The molecule has 0 aromatic carbocycles. The van der Waals surface area contributed by atoms with Gasteiger partial charge in [0.25, 0.3) is 0 Å². The summed E-state index contributed by atoms with van der Waals surface area (Å²) in [5, 5.41) is 0. The van der Waals surface area contributed by atoms with Crippen molar-refractivity contribution >= 4 is 5.97 Å². The molecule has 0 aliphatic heterocycles. The van der Waals surface area contributed by atoms with E-state index in [0.29, 0.717) is 5.57 Å². The normalized spacial score (nSPS) is 16.9. The lowest BCUT2D eigenvalue weighted by molar-refractivity contribution is -0.135. The SMILES string of the molecule is C=C(/C=C\C1=C(C)CCCC1)C(=O)OC. The van der Waals surface area contributed by atoms with E-state index >= 15 is 0 Å². The highest BCUT2D eigenvalue weighted by atomic mass is 16.5. The van der Waals surface area contributed by atoms with Gasteiger partial charge in [-0.1, -0.05) is 18.2 Å². The van der Waals surface area contributed by atoms with Crippen molar-refractivity contribution in [2.24, 2.45) is 0 Å². The van der Waals surface area contributed by atoms with Gasteiger partial charge >= 0.3 is 5.97 Å². The molecule has 0 unspecified atom stereocenters. The summed E-state index contributed by atoms with van der Waals surface area (Å²) in [4.78, 5) is 11.1. The molecule has 0 heterocycles. The number of rotatable bonds is 3. The predicted molar refractivity (Wildman–Crippen MR) is 61.5 cm³/mol. The highest BCUT2D eigenvalue weighted by molar-refractivity contribution is 5.90. The Morgan fingerprint density at radius 2 is 2.07 bits per heavy atom. The maximum absolute atomic E-state index is 11.1. The Labute approximate surface area is 91.3 Å². The minimum absolute atomic E-state index is 0.361. The second kappa shape index (κ2) is 5.54. The number of carbonyl (C=O) groups is 1. The van der Waals surface area contributed by atoms with E-state index in [1.54, 1.807) is 6.08 Å². The molecule has 1 rings (SSSR count). The molecule has 1 aliphatic rings. The second-order valence-corrected chi connectivity index (χ2v) is 3.86. The van der Waals surface area contributed by atoms with E-state index in [0.717, 1.165) is 6.42 Å². The molecule has 2 nitrogen and oxygen atoms in total. The van der Waals surface area contributed by atoms with Gasteiger partial charge in [-0.25, -0.2) is 4.79 Å². The zero-order valence-electron chi connectivity index (χ0n) is 9.51. The van der Waals surface area contributed by atoms with E-state index in [2.05, 4.69) is 18.2 Å². The standard InChI is InChI=1S/C13H18O2/c1-10-6-4-5-7-12(10)9-8-11(2)13(14)15-3/h8-9H,2,4-7H2,1,3H3/b9-8-. The monoisotopic (exact) mass is 206 g/mol. The fraction of sp³-hybridized carbons (Fsp3) is 0.462. The van der Waals surface area contributed by atoms with Gasteiger partial charge < -0.3 is 4.74 Å². The molecule has 0 saturated carbocycles. The van der Waals surface area contributed by atoms with E-state index in [4.69, 9.17) is 0 Å². The Bertz CT molecular complexity index is 321. The van der Waals surface area contributed by atoms with Gasteiger partial charge in [-0.05, 0) is 44.3 Å². The Morgan fingerprint density at radius 1 is 1.40 bits per heavy atom. The van der Waals surface area contributed by atoms with Gasteiger partial charge in [0.1, 0.15) is 0 Å². The van der Waals surface area contributed by atoms with Crippen molar-refractivity contribution in [3.05, 3.63) is 35.5 Å². The topological polar surface area (TPSA) is 26.3 Å². The lowest BCUT2D eigenvalue weighted by Gasteiger charge is -2.14. The summed E-state index contributed by atoms with van der Waals surface area (Å²) in [7, 11) is 1.37. The lowest BCUT2D eigenvalue weighted by Crippen LogP contribution is -2.01. The van der Waals surface area contributed by atoms with Gasteiger partial charge in [0.2, 0.25) is 0 Å². The summed E-state index contributed by atoms with van der Waals surface area (Å²) in [6.45, 7) is 5.80. The smallest absolute Gasteiger partial charge is 0.337 e. The Morgan fingerprint density at radius 3 is 2.67 bits per heavy atom. The van der Waals surface area contributed by atoms with Crippen LogP contribution < -0.4 is 0 Å². The molecule has 1 aliphatic carbocycles. The number of carbonyl (C=O) groups excluding carboxylic acids is 1. The molecule has 0 saturated heterocycles. The van der Waals surface area contributed by atoms with Crippen LogP contribution in [0.1, 0.15) is 32.6 Å². The Hall–Kier alpha value is -1.31. The highest BCUT2D eigenvalue weighted by Crippen LogP contribution is 2.25. The third-order valence-electron chi connectivity index (χ3n) is 2.73. The molecule has 0 bridgehead atoms. The van der Waals surface area contributed by atoms with Crippen molar-refractivity contribution in [3.63, 3.8) is 0 Å². The summed E-state index contributed by atoms with van der Waals surface area (Å²) in [5.41, 5.74) is 3.17. The number of hydrogen-bond acceptors (Lipinski definition) is 2. The zero-order valence-corrected chi connectivity index (χ0v) is 9.51. The first-order valence-electron chi connectivity index (χ1n) is 5.29. The molecule has 0 fully saturated rings. The first-order valence-corrected chi connectivity index (χ1v) is 5.29. The zero-order chi connectivity index (χ0) is 11.3. The van der Waals surface area contributed by atoms with Gasteiger partial charge in [0.05, 0.1) is 12.7 Å². The molecule has 0 radical (unpaired) electrons. The molecule has 0 spiro atoms. The van der Waals surface area contributed by atoms with Crippen molar-refractivity contribution in [2.45, 2.75) is 32.6 Å². The molecular formula is C13H18O2. The molecule has 0 N–H and O–H groups in total. The summed E-state index contributed by atoms with van der Waals surface area (Å²) in [6.07, 6.45) is 8.54. The van der Waals surface area contributed by atoms with Gasteiger partial charge in [-0.15, -0.1) is 0 Å². The number of allylic oxidation sites excluding steroid dienone is 3. The Kier molecular flexibility index (Phi) is 4.35. The fourth-order valence-electron chi connectivity index (χ4n) is 1.71. The summed E-state index contributed by atoms with van der Waals surface area (Å²) in [6, 6.07) is 0. The van der Waals surface area contributed by atoms with Crippen molar-refractivity contribution in [1.82, 2.24) is 0 Å². The molecule has 82 valence electrons. The van der Waals surface area contributed by atoms with Crippen LogP contribution in [0.2, 0.25) is 0 Å². The van der Waals surface area contributed by atoms with Crippen LogP contribution in [0.25, 0.3) is 0 Å². The van der Waals surface area contributed by atoms with Crippen LogP contribution in [0.5, 0.6) is 0 Å². The van der Waals surface area contributed by atoms with Crippen molar-refractivity contribution in [1.29, 1.82) is 0 Å². The minimum atomic E-state index is -0.361. The number of ether oxygens (including phenoxy) is 1. The van der Waals surface area contributed by atoms with Crippen LogP contribution in [-0.4, -0.2) is 13.1 Å². The third kappa shape index (κ3) is 3.39. The van der Waals surface area contributed by atoms with Gasteiger partial charge in [-0.3, -0.25) is 0 Å². The van der Waals surface area contributed by atoms with E-state index < -0.39 is 0 Å². The predicted octanol–water partition coefficient (Wildman–Crippen LogP) is 3.16. The van der Waals surface area contributed by atoms with Crippen LogP contribution in [0.4, 0.5) is 0 Å². The largest absolute Gasteiger partial charge is 0.465 e. The first-order chi connectivity index (χ1) is 7.15. The number of methoxy groups -OCH3 is 1. The first kappa shape index (κ1) is 11.8. The van der Waals surface area contributed by atoms with Crippen LogP contribution >= 0.6 is 0 Å². The van der Waals surface area contributed by atoms with Crippen molar-refractivity contribution in [3.8, 4) is 0 Å². The van der Waals surface area contributed by atoms with Gasteiger partial charge in [0, 0.05) is 0 Å². The average Bonchev–Trinajstić information content (AvgIpc) is 2.26. The third-order valence-corrected chi connectivity index (χ3v) is 2.73. The van der Waals surface area contributed by atoms with Crippen LogP contribution in [0.3, 0.4) is 0 Å². The molecule has 2 heteroatoms. The van der Waals surface area contributed by atoms with Gasteiger partial charge in [-0.2, -0.15) is 0 Å². The Balaban J connectivity index is 2.64. The minimum Gasteiger partial charge on any atom is -0.465 e. The lowest BCUT2D eigenvalue weighted by atomic mass is 9.92. The van der Waals surface area contributed by atoms with Gasteiger partial charge in [0.15, 0.2) is 0 Å². The molecule has 0 aromatic heterocycles. The molecule has 0 atom stereocenters. The maximum Gasteiger partial charge on any atom is 0.337 e. The highest BCUT2D eigenvalue weighted by Gasteiger charge is 2.07. The maximum atomic E-state index is 11.1. The van der Waals surface area contributed by atoms with E-state index in [1.165, 1.54) is 37.5 Å². The van der Waals surface area contributed by atoms with Crippen LogP contribution in [0.15, 0.2) is 35.5 Å². The van der Waals surface area contributed by atoms with E-state index in [1.807, 2.05) is 6.08 Å². The number of hydrogen-bond donors (Lipinski definition) is 0. The quantitative estimate of drug-likeness (QED) is 0.403. The second-order valence-electron chi connectivity index (χ2n) is 3.86. The van der Waals surface area contributed by atoms with E-state index in [-0.39, 0.29) is 5.97 Å². The molecule has 0 aromatic rings.